The van der Waals surface area contributed by atoms with Gasteiger partial charge in [0.2, 0.25) is 0 Å². The predicted molar refractivity (Wildman–Crippen MR) is 93.7 cm³/mol. The molecule has 23 heavy (non-hydrogen) atoms. The summed E-state index contributed by atoms with van der Waals surface area (Å²) in [7, 11) is 0. The van der Waals surface area contributed by atoms with Crippen molar-refractivity contribution in [3.63, 3.8) is 0 Å². The van der Waals surface area contributed by atoms with Crippen LogP contribution in [-0.2, 0) is 4.74 Å². The average molecular weight is 316 g/mol. The molecule has 0 radical (unpaired) electrons. The molecule has 1 unspecified atom stereocenters. The molecule has 1 aliphatic heterocycles. The van der Waals surface area contributed by atoms with Crippen LogP contribution in [0.25, 0.3) is 0 Å². The van der Waals surface area contributed by atoms with Gasteiger partial charge in [-0.05, 0) is 25.3 Å². The van der Waals surface area contributed by atoms with Crippen molar-refractivity contribution < 1.29 is 4.74 Å². The van der Waals surface area contributed by atoms with Gasteiger partial charge in [0.05, 0.1) is 25.8 Å². The number of aliphatic imine (C=N–C) groups is 1. The molecule has 1 saturated heterocycles. The molecule has 0 aromatic heterocycles. The third kappa shape index (κ3) is 4.94. The summed E-state index contributed by atoms with van der Waals surface area (Å²) in [5.74, 6) is 0.948. The van der Waals surface area contributed by atoms with Gasteiger partial charge in [0, 0.05) is 25.7 Å². The molecular weight excluding hydrogens is 288 g/mol. The number of hydrogen-bond donors (Lipinski definition) is 2. The summed E-state index contributed by atoms with van der Waals surface area (Å²) >= 11 is 0. The van der Waals surface area contributed by atoms with Crippen LogP contribution in [0.4, 0.5) is 0 Å². The van der Waals surface area contributed by atoms with Crippen molar-refractivity contribution in [2.45, 2.75) is 31.8 Å². The summed E-state index contributed by atoms with van der Waals surface area (Å²) in [5.41, 5.74) is 1.33. The summed E-state index contributed by atoms with van der Waals surface area (Å²) in [6.07, 6.45) is 2.52. The number of rotatable bonds is 6. The SMILES string of the molecule is CCNC(=NCC(c1ccccc1)N1CCOCC1)NC1CC1. The van der Waals surface area contributed by atoms with Crippen LogP contribution < -0.4 is 10.6 Å². The van der Waals surface area contributed by atoms with Crippen molar-refractivity contribution in [2.75, 3.05) is 39.4 Å². The largest absolute Gasteiger partial charge is 0.379 e. The zero-order valence-electron chi connectivity index (χ0n) is 14.0. The molecule has 1 atom stereocenters. The number of nitrogens with one attached hydrogen (secondary N) is 2. The third-order valence-electron chi connectivity index (χ3n) is 4.36. The van der Waals surface area contributed by atoms with Crippen molar-refractivity contribution in [3.05, 3.63) is 35.9 Å². The van der Waals surface area contributed by atoms with Gasteiger partial charge in [0.1, 0.15) is 0 Å². The summed E-state index contributed by atoms with van der Waals surface area (Å²) in [6, 6.07) is 11.6. The molecule has 1 aromatic rings. The quantitative estimate of drug-likeness (QED) is 0.620. The molecule has 1 aliphatic carbocycles. The van der Waals surface area contributed by atoms with Gasteiger partial charge in [-0.1, -0.05) is 30.3 Å². The second-order valence-electron chi connectivity index (χ2n) is 6.21. The van der Waals surface area contributed by atoms with E-state index in [4.69, 9.17) is 9.73 Å². The predicted octanol–water partition coefficient (Wildman–Crippen LogP) is 1.78. The first kappa shape index (κ1) is 16.3. The van der Waals surface area contributed by atoms with E-state index in [1.54, 1.807) is 0 Å². The zero-order valence-corrected chi connectivity index (χ0v) is 14.0. The van der Waals surface area contributed by atoms with Crippen molar-refractivity contribution in [2.24, 2.45) is 4.99 Å². The molecule has 5 heteroatoms. The number of morpholine rings is 1. The Morgan fingerprint density at radius 3 is 2.65 bits per heavy atom. The maximum absolute atomic E-state index is 5.51. The summed E-state index contributed by atoms with van der Waals surface area (Å²) in [4.78, 5) is 7.35. The van der Waals surface area contributed by atoms with E-state index in [2.05, 4.69) is 52.8 Å². The van der Waals surface area contributed by atoms with Crippen LogP contribution in [0, 0.1) is 0 Å². The Hall–Kier alpha value is -1.59. The van der Waals surface area contributed by atoms with Gasteiger partial charge in [0.25, 0.3) is 0 Å². The van der Waals surface area contributed by atoms with Gasteiger partial charge < -0.3 is 15.4 Å². The molecule has 1 aromatic carbocycles. The lowest BCUT2D eigenvalue weighted by molar-refractivity contribution is 0.0179. The Morgan fingerprint density at radius 1 is 1.26 bits per heavy atom. The lowest BCUT2D eigenvalue weighted by Gasteiger charge is -2.34. The summed E-state index contributed by atoms with van der Waals surface area (Å²) in [6.45, 7) is 7.35. The molecule has 3 rings (SSSR count). The topological polar surface area (TPSA) is 48.9 Å². The number of hydrogen-bond acceptors (Lipinski definition) is 3. The van der Waals surface area contributed by atoms with Crippen molar-refractivity contribution in [1.82, 2.24) is 15.5 Å². The molecule has 126 valence electrons. The fourth-order valence-electron chi connectivity index (χ4n) is 2.91. The second-order valence-corrected chi connectivity index (χ2v) is 6.21. The van der Waals surface area contributed by atoms with E-state index in [1.165, 1.54) is 18.4 Å². The van der Waals surface area contributed by atoms with Gasteiger partial charge in [0.15, 0.2) is 5.96 Å². The molecular formula is C18H28N4O. The van der Waals surface area contributed by atoms with E-state index in [-0.39, 0.29) is 0 Å². The van der Waals surface area contributed by atoms with E-state index in [9.17, 15) is 0 Å². The highest BCUT2D eigenvalue weighted by atomic mass is 16.5. The van der Waals surface area contributed by atoms with E-state index >= 15 is 0 Å². The standard InChI is InChI=1S/C18H28N4O/c1-2-19-18(21-16-8-9-16)20-14-17(15-6-4-3-5-7-15)22-10-12-23-13-11-22/h3-7,16-17H,2,8-14H2,1H3,(H2,19,20,21). The fourth-order valence-corrected chi connectivity index (χ4v) is 2.91. The minimum atomic E-state index is 0.315. The maximum atomic E-state index is 5.51. The molecule has 1 heterocycles. The third-order valence-corrected chi connectivity index (χ3v) is 4.36. The highest BCUT2D eigenvalue weighted by Crippen LogP contribution is 2.22. The van der Waals surface area contributed by atoms with E-state index in [1.807, 2.05) is 0 Å². The van der Waals surface area contributed by atoms with E-state index in [0.29, 0.717) is 12.1 Å². The van der Waals surface area contributed by atoms with Crippen LogP contribution >= 0.6 is 0 Å². The maximum Gasteiger partial charge on any atom is 0.191 e. The molecule has 0 bridgehead atoms. The average Bonchev–Trinajstić information content (AvgIpc) is 3.41. The van der Waals surface area contributed by atoms with Crippen molar-refractivity contribution in [1.29, 1.82) is 0 Å². The van der Waals surface area contributed by atoms with E-state index in [0.717, 1.165) is 45.4 Å². The first-order chi connectivity index (χ1) is 11.4. The van der Waals surface area contributed by atoms with Gasteiger partial charge >= 0.3 is 0 Å². The normalized spacial score (nSPS) is 21.0. The molecule has 2 N–H and O–H groups in total. The van der Waals surface area contributed by atoms with Crippen LogP contribution in [0.3, 0.4) is 0 Å². The summed E-state index contributed by atoms with van der Waals surface area (Å²) in [5, 5.41) is 6.86. The Kier molecular flexibility index (Phi) is 5.88. The first-order valence-corrected chi connectivity index (χ1v) is 8.78. The highest BCUT2D eigenvalue weighted by Gasteiger charge is 2.24. The first-order valence-electron chi connectivity index (χ1n) is 8.78. The van der Waals surface area contributed by atoms with Crippen LogP contribution in [0.2, 0.25) is 0 Å². The van der Waals surface area contributed by atoms with Crippen molar-refractivity contribution >= 4 is 5.96 Å². The van der Waals surface area contributed by atoms with Crippen LogP contribution in [0.15, 0.2) is 35.3 Å². The Balaban J connectivity index is 1.71. The van der Waals surface area contributed by atoms with E-state index < -0.39 is 0 Å². The number of guanidine groups is 1. The van der Waals surface area contributed by atoms with Crippen molar-refractivity contribution in [3.8, 4) is 0 Å². The van der Waals surface area contributed by atoms with Gasteiger partial charge in [-0.25, -0.2) is 0 Å². The molecule has 2 aliphatic rings. The number of ether oxygens (including phenoxy) is 1. The van der Waals surface area contributed by atoms with Crippen LogP contribution in [0.1, 0.15) is 31.4 Å². The Morgan fingerprint density at radius 2 is 2.00 bits per heavy atom. The molecule has 0 spiro atoms. The smallest absolute Gasteiger partial charge is 0.191 e. The van der Waals surface area contributed by atoms with Gasteiger partial charge in [-0.2, -0.15) is 0 Å². The van der Waals surface area contributed by atoms with Crippen LogP contribution in [0.5, 0.6) is 0 Å². The Labute approximate surface area is 139 Å². The lowest BCUT2D eigenvalue weighted by atomic mass is 10.1. The summed E-state index contributed by atoms with van der Waals surface area (Å²) < 4.78 is 5.51. The Bertz CT molecular complexity index is 495. The fraction of sp³-hybridized carbons (Fsp3) is 0.611. The lowest BCUT2D eigenvalue weighted by Crippen LogP contribution is -2.42. The minimum absolute atomic E-state index is 0.315. The number of benzene rings is 1. The van der Waals surface area contributed by atoms with Gasteiger partial charge in [-0.15, -0.1) is 0 Å². The molecule has 2 fully saturated rings. The second kappa shape index (κ2) is 8.31. The molecule has 1 saturated carbocycles. The zero-order chi connectivity index (χ0) is 15.9. The molecule has 0 amide bonds. The highest BCUT2D eigenvalue weighted by molar-refractivity contribution is 5.80. The monoisotopic (exact) mass is 316 g/mol. The minimum Gasteiger partial charge on any atom is -0.379 e. The number of nitrogens with zero attached hydrogens (tertiary/aromatic N) is 2. The molecule has 5 nitrogen and oxygen atoms in total. The van der Waals surface area contributed by atoms with Crippen LogP contribution in [-0.4, -0.2) is 56.3 Å². The van der Waals surface area contributed by atoms with Gasteiger partial charge in [-0.3, -0.25) is 9.89 Å².